The summed E-state index contributed by atoms with van der Waals surface area (Å²) in [7, 11) is 1.72. The van der Waals surface area contributed by atoms with Crippen molar-refractivity contribution in [3.8, 4) is 11.1 Å². The maximum absolute atomic E-state index is 13.0. The molecule has 0 radical (unpaired) electrons. The van der Waals surface area contributed by atoms with E-state index in [1.54, 1.807) is 25.2 Å². The molecule has 0 unspecified atom stereocenters. The summed E-state index contributed by atoms with van der Waals surface area (Å²) >= 11 is 0. The van der Waals surface area contributed by atoms with Crippen LogP contribution in [0.2, 0.25) is 0 Å². The lowest BCUT2D eigenvalue weighted by molar-refractivity contribution is 0.627. The Morgan fingerprint density at radius 2 is 1.50 bits per heavy atom. The average Bonchev–Trinajstić information content (AvgIpc) is 2.30. The first-order chi connectivity index (χ1) is 7.70. The predicted octanol–water partition coefficient (Wildman–Crippen LogP) is 3.67. The summed E-state index contributed by atoms with van der Waals surface area (Å²) in [5.74, 6) is -0.577. The fourth-order valence-corrected chi connectivity index (χ4v) is 1.60. The molecule has 2 rings (SSSR count). The van der Waals surface area contributed by atoms with Crippen molar-refractivity contribution >= 4 is 5.69 Å². The Hall–Kier alpha value is -1.90. The van der Waals surface area contributed by atoms with Crippen LogP contribution in [0.1, 0.15) is 0 Å². The van der Waals surface area contributed by atoms with Crippen LogP contribution in [0.5, 0.6) is 0 Å². The molecule has 0 saturated heterocycles. The second-order valence-electron chi connectivity index (χ2n) is 3.45. The Labute approximate surface area is 92.7 Å². The number of nitrogens with one attached hydrogen (secondary N) is 1. The SMILES string of the molecule is CNc1cc(F)ccc1-c1ccc(F)cc1. The normalized spacial score (nSPS) is 10.2. The quantitative estimate of drug-likeness (QED) is 0.812. The monoisotopic (exact) mass is 219 g/mol. The number of benzene rings is 2. The van der Waals surface area contributed by atoms with Crippen LogP contribution in [-0.2, 0) is 0 Å². The van der Waals surface area contributed by atoms with E-state index >= 15 is 0 Å². The van der Waals surface area contributed by atoms with Crippen LogP contribution >= 0.6 is 0 Å². The Morgan fingerprint density at radius 3 is 2.12 bits per heavy atom. The molecule has 0 atom stereocenters. The van der Waals surface area contributed by atoms with Crippen molar-refractivity contribution in [2.75, 3.05) is 12.4 Å². The summed E-state index contributed by atoms with van der Waals surface area (Å²) in [6.07, 6.45) is 0. The Balaban J connectivity index is 2.51. The summed E-state index contributed by atoms with van der Waals surface area (Å²) in [4.78, 5) is 0. The molecular weight excluding hydrogens is 208 g/mol. The lowest BCUT2D eigenvalue weighted by atomic mass is 10.0. The van der Waals surface area contributed by atoms with E-state index in [-0.39, 0.29) is 11.6 Å². The van der Waals surface area contributed by atoms with Crippen molar-refractivity contribution in [1.82, 2.24) is 0 Å². The van der Waals surface area contributed by atoms with Gasteiger partial charge in [0, 0.05) is 18.3 Å². The highest BCUT2D eigenvalue weighted by atomic mass is 19.1. The third kappa shape index (κ3) is 2.03. The van der Waals surface area contributed by atoms with Crippen LogP contribution in [-0.4, -0.2) is 7.05 Å². The summed E-state index contributed by atoms with van der Waals surface area (Å²) in [6, 6.07) is 10.6. The summed E-state index contributed by atoms with van der Waals surface area (Å²) in [5, 5.41) is 2.92. The zero-order chi connectivity index (χ0) is 11.5. The fourth-order valence-electron chi connectivity index (χ4n) is 1.60. The topological polar surface area (TPSA) is 12.0 Å². The van der Waals surface area contributed by atoms with Crippen LogP contribution in [0.4, 0.5) is 14.5 Å². The number of hydrogen-bond donors (Lipinski definition) is 1. The second-order valence-corrected chi connectivity index (χ2v) is 3.45. The number of hydrogen-bond acceptors (Lipinski definition) is 1. The first-order valence-corrected chi connectivity index (χ1v) is 4.94. The number of halogens is 2. The molecule has 0 aliphatic rings. The van der Waals surface area contributed by atoms with Gasteiger partial charge in [0.15, 0.2) is 0 Å². The van der Waals surface area contributed by atoms with Gasteiger partial charge < -0.3 is 5.32 Å². The molecule has 0 aromatic heterocycles. The lowest BCUT2D eigenvalue weighted by Gasteiger charge is -2.09. The van der Waals surface area contributed by atoms with Crippen LogP contribution < -0.4 is 5.32 Å². The highest BCUT2D eigenvalue weighted by Gasteiger charge is 2.05. The van der Waals surface area contributed by atoms with E-state index in [2.05, 4.69) is 5.32 Å². The Kier molecular flexibility index (Phi) is 2.86. The molecular formula is C13H11F2N. The van der Waals surface area contributed by atoms with Gasteiger partial charge in [-0.25, -0.2) is 8.78 Å². The zero-order valence-electron chi connectivity index (χ0n) is 8.80. The van der Waals surface area contributed by atoms with Gasteiger partial charge in [-0.05, 0) is 35.9 Å². The van der Waals surface area contributed by atoms with Gasteiger partial charge in [0.2, 0.25) is 0 Å². The summed E-state index contributed by atoms with van der Waals surface area (Å²) in [5.41, 5.74) is 2.39. The molecule has 0 amide bonds. The minimum atomic E-state index is -0.296. The fraction of sp³-hybridized carbons (Fsp3) is 0.0769. The largest absolute Gasteiger partial charge is 0.388 e. The van der Waals surface area contributed by atoms with Crippen LogP contribution in [0.15, 0.2) is 42.5 Å². The molecule has 82 valence electrons. The van der Waals surface area contributed by atoms with E-state index in [0.29, 0.717) is 5.69 Å². The first-order valence-electron chi connectivity index (χ1n) is 4.94. The lowest BCUT2D eigenvalue weighted by Crippen LogP contribution is -1.93. The number of anilines is 1. The standard InChI is InChI=1S/C13H11F2N/c1-16-13-8-11(15)6-7-12(13)9-2-4-10(14)5-3-9/h2-8,16H,1H3. The van der Waals surface area contributed by atoms with Gasteiger partial charge in [0.1, 0.15) is 11.6 Å². The van der Waals surface area contributed by atoms with E-state index < -0.39 is 0 Å². The van der Waals surface area contributed by atoms with Crippen molar-refractivity contribution in [3.63, 3.8) is 0 Å². The van der Waals surface area contributed by atoms with E-state index in [4.69, 9.17) is 0 Å². The van der Waals surface area contributed by atoms with Crippen molar-refractivity contribution in [2.45, 2.75) is 0 Å². The van der Waals surface area contributed by atoms with Gasteiger partial charge in [0.05, 0.1) is 0 Å². The molecule has 0 bridgehead atoms. The Morgan fingerprint density at radius 1 is 0.875 bits per heavy atom. The average molecular weight is 219 g/mol. The van der Waals surface area contributed by atoms with E-state index in [1.807, 2.05) is 0 Å². The highest BCUT2D eigenvalue weighted by Crippen LogP contribution is 2.28. The highest BCUT2D eigenvalue weighted by molar-refractivity contribution is 5.77. The van der Waals surface area contributed by atoms with Gasteiger partial charge in [-0.1, -0.05) is 12.1 Å². The van der Waals surface area contributed by atoms with E-state index in [9.17, 15) is 8.78 Å². The molecule has 2 aromatic carbocycles. The third-order valence-corrected chi connectivity index (χ3v) is 2.41. The molecule has 1 N–H and O–H groups in total. The molecule has 0 spiro atoms. The van der Waals surface area contributed by atoms with Crippen LogP contribution in [0, 0.1) is 11.6 Å². The smallest absolute Gasteiger partial charge is 0.125 e. The first kappa shape index (κ1) is 10.6. The van der Waals surface area contributed by atoms with Crippen molar-refractivity contribution in [3.05, 3.63) is 54.1 Å². The van der Waals surface area contributed by atoms with E-state index in [0.717, 1.165) is 11.1 Å². The molecule has 0 aliphatic heterocycles. The predicted molar refractivity (Wildman–Crippen MR) is 61.3 cm³/mol. The molecule has 0 aliphatic carbocycles. The maximum Gasteiger partial charge on any atom is 0.125 e. The molecule has 0 saturated carbocycles. The van der Waals surface area contributed by atoms with Crippen molar-refractivity contribution < 1.29 is 8.78 Å². The van der Waals surface area contributed by atoms with Crippen LogP contribution in [0.3, 0.4) is 0 Å². The van der Waals surface area contributed by atoms with Gasteiger partial charge in [-0.3, -0.25) is 0 Å². The maximum atomic E-state index is 13.0. The molecule has 1 nitrogen and oxygen atoms in total. The summed E-state index contributed by atoms with van der Waals surface area (Å²) in [6.45, 7) is 0. The molecule has 2 aromatic rings. The Bertz CT molecular complexity index is 492. The van der Waals surface area contributed by atoms with Crippen molar-refractivity contribution in [2.24, 2.45) is 0 Å². The summed E-state index contributed by atoms with van der Waals surface area (Å²) < 4.78 is 25.8. The van der Waals surface area contributed by atoms with Gasteiger partial charge >= 0.3 is 0 Å². The number of rotatable bonds is 2. The van der Waals surface area contributed by atoms with Gasteiger partial charge in [-0.15, -0.1) is 0 Å². The van der Waals surface area contributed by atoms with E-state index in [1.165, 1.54) is 24.3 Å². The van der Waals surface area contributed by atoms with Gasteiger partial charge in [0.25, 0.3) is 0 Å². The third-order valence-electron chi connectivity index (χ3n) is 2.41. The second kappa shape index (κ2) is 4.31. The molecule has 16 heavy (non-hydrogen) atoms. The van der Waals surface area contributed by atoms with Crippen molar-refractivity contribution in [1.29, 1.82) is 0 Å². The minimum absolute atomic E-state index is 0.281. The van der Waals surface area contributed by atoms with Crippen LogP contribution in [0.25, 0.3) is 11.1 Å². The molecule has 0 heterocycles. The minimum Gasteiger partial charge on any atom is -0.388 e. The zero-order valence-corrected chi connectivity index (χ0v) is 8.80. The molecule has 3 heteroatoms. The van der Waals surface area contributed by atoms with Gasteiger partial charge in [-0.2, -0.15) is 0 Å². The molecule has 0 fully saturated rings.